The third kappa shape index (κ3) is 5.49. The number of rotatable bonds is 7. The molecule has 2 fully saturated rings. The second-order valence-electron chi connectivity index (χ2n) is 12.7. The first kappa shape index (κ1) is 29.9. The van der Waals surface area contributed by atoms with E-state index in [2.05, 4.69) is 22.0 Å². The van der Waals surface area contributed by atoms with Crippen LogP contribution in [0, 0.1) is 12.8 Å². The van der Waals surface area contributed by atoms with Crippen LogP contribution in [0.1, 0.15) is 42.1 Å². The summed E-state index contributed by atoms with van der Waals surface area (Å²) in [5.74, 6) is 1.43. The normalized spacial score (nSPS) is 18.3. The number of hydrogen-bond acceptors (Lipinski definition) is 6. The van der Waals surface area contributed by atoms with E-state index in [1.165, 1.54) is 24.7 Å². The van der Waals surface area contributed by atoms with Crippen LogP contribution in [0.3, 0.4) is 0 Å². The van der Waals surface area contributed by atoms with E-state index >= 15 is 0 Å². The highest BCUT2D eigenvalue weighted by molar-refractivity contribution is 6.00. The van der Waals surface area contributed by atoms with Crippen LogP contribution in [-0.2, 0) is 18.4 Å². The molecule has 10 nitrogen and oxygen atoms in total. The van der Waals surface area contributed by atoms with E-state index in [0.29, 0.717) is 29.3 Å². The number of hydrogen-bond donors (Lipinski definition) is 2. The number of nitrogens with one attached hydrogen (secondary N) is 1. The zero-order chi connectivity index (χ0) is 32.3. The van der Waals surface area contributed by atoms with Crippen molar-refractivity contribution in [3.8, 4) is 28.5 Å². The van der Waals surface area contributed by atoms with Crippen molar-refractivity contribution in [3.63, 3.8) is 0 Å². The highest BCUT2D eigenvalue weighted by Crippen LogP contribution is 2.38. The van der Waals surface area contributed by atoms with Gasteiger partial charge >= 0.3 is 0 Å². The summed E-state index contributed by atoms with van der Waals surface area (Å²) in [7, 11) is 3.52. The highest BCUT2D eigenvalue weighted by Gasteiger charge is 2.30. The van der Waals surface area contributed by atoms with Crippen LogP contribution in [0.25, 0.3) is 44.8 Å². The number of ether oxygens (including phenoxy) is 1. The van der Waals surface area contributed by atoms with E-state index in [-0.39, 0.29) is 24.8 Å². The average molecular weight is 624 g/mol. The van der Waals surface area contributed by atoms with Crippen LogP contribution in [0.5, 0.6) is 5.75 Å². The minimum atomic E-state index is -1.14. The van der Waals surface area contributed by atoms with E-state index in [0.717, 1.165) is 57.1 Å². The molecule has 238 valence electrons. The number of nitrogens with zero attached hydrogens (tertiary/aromatic N) is 5. The lowest BCUT2D eigenvalue weighted by Crippen LogP contribution is -2.50. The van der Waals surface area contributed by atoms with Gasteiger partial charge in [0.05, 0.1) is 30.6 Å². The maximum atomic E-state index is 14.3. The number of benzene rings is 2. The molecule has 2 amide bonds. The van der Waals surface area contributed by atoms with Crippen molar-refractivity contribution in [2.45, 2.75) is 51.9 Å². The molecule has 3 aromatic heterocycles. The summed E-state index contributed by atoms with van der Waals surface area (Å²) in [6.07, 6.45) is 1.45. The molecular formula is C35H38FN7O3. The quantitative estimate of drug-likeness (QED) is 0.249. The summed E-state index contributed by atoms with van der Waals surface area (Å²) < 4.78 is 24.3. The highest BCUT2D eigenvalue weighted by atomic mass is 19.1. The van der Waals surface area contributed by atoms with Gasteiger partial charge < -0.3 is 29.8 Å². The van der Waals surface area contributed by atoms with Crippen molar-refractivity contribution < 1.29 is 18.7 Å². The molecule has 2 aromatic carbocycles. The van der Waals surface area contributed by atoms with Crippen LogP contribution < -0.4 is 15.8 Å². The van der Waals surface area contributed by atoms with E-state index in [1.54, 1.807) is 19.2 Å². The van der Waals surface area contributed by atoms with Gasteiger partial charge in [-0.05, 0) is 80.1 Å². The van der Waals surface area contributed by atoms with Crippen molar-refractivity contribution in [1.82, 2.24) is 24.0 Å². The smallest absolute Gasteiger partial charge is 0.254 e. The topological polar surface area (TPSA) is 120 Å². The van der Waals surface area contributed by atoms with E-state index in [9.17, 15) is 14.0 Å². The molecule has 0 radical (unpaired) electrons. The van der Waals surface area contributed by atoms with Crippen LogP contribution >= 0.6 is 0 Å². The van der Waals surface area contributed by atoms with Gasteiger partial charge in [0.2, 0.25) is 5.91 Å². The summed E-state index contributed by atoms with van der Waals surface area (Å²) in [6.45, 7) is 4.66. The number of likely N-dealkylation sites (tertiary alicyclic amines) is 1. The number of fused-ring (bicyclic) bond motifs is 2. The Morgan fingerprint density at radius 2 is 1.89 bits per heavy atom. The third-order valence-corrected chi connectivity index (χ3v) is 9.05. The second-order valence-corrected chi connectivity index (χ2v) is 12.7. The van der Waals surface area contributed by atoms with E-state index in [4.69, 9.17) is 20.4 Å². The Bertz CT molecular complexity index is 2000. The predicted octanol–water partition coefficient (Wildman–Crippen LogP) is 5.45. The maximum Gasteiger partial charge on any atom is 0.254 e. The number of piperidine rings is 1. The van der Waals surface area contributed by atoms with E-state index < -0.39 is 12.2 Å². The van der Waals surface area contributed by atoms with Gasteiger partial charge in [0.25, 0.3) is 5.91 Å². The molecule has 7 rings (SSSR count). The number of nitrogens with two attached hydrogens (primary N) is 1. The van der Waals surface area contributed by atoms with Crippen LogP contribution in [0.2, 0.25) is 0 Å². The number of pyridine rings is 1. The lowest BCUT2D eigenvalue weighted by Gasteiger charge is -2.33. The summed E-state index contributed by atoms with van der Waals surface area (Å²) in [5, 5.41) is 3.85. The predicted molar refractivity (Wildman–Crippen MR) is 177 cm³/mol. The number of aromatic nitrogens is 4. The lowest BCUT2D eigenvalue weighted by atomic mass is 10.0. The maximum absolute atomic E-state index is 14.3. The molecule has 0 unspecified atom stereocenters. The van der Waals surface area contributed by atoms with Gasteiger partial charge in [-0.15, -0.1) is 0 Å². The van der Waals surface area contributed by atoms with Crippen LogP contribution in [0.15, 0.2) is 48.5 Å². The molecule has 1 saturated heterocycles. The fourth-order valence-electron chi connectivity index (χ4n) is 6.68. The summed E-state index contributed by atoms with van der Waals surface area (Å²) in [5.41, 5.74) is 13.2. The number of carbonyl (C=O) groups excluding carboxylic acids is 2. The first-order chi connectivity index (χ1) is 22.1. The molecule has 2 atom stereocenters. The molecule has 46 heavy (non-hydrogen) atoms. The Kier molecular flexibility index (Phi) is 7.51. The number of anilines is 1. The standard InChI is InChI=1S/C35H38FN7O3/c1-19-11-26(38-20(2)44)8-9-27(19)28-10-7-22-13-30(43(33(22)39-28)16-21-5-6-21)34-40-29-12-23(14-31(46-4)32(29)41(34)3)35(45)42-17-24(36)15-25(37)18-42/h7-14,21,24-25H,5-6,15-18,37H2,1-4H3,(H,38,44)/t24-,25-/m1/s1. The average Bonchev–Trinajstić information content (AvgIpc) is 3.68. The first-order valence-corrected chi connectivity index (χ1v) is 15.7. The van der Waals surface area contributed by atoms with Gasteiger partial charge in [-0.25, -0.2) is 14.4 Å². The van der Waals surface area contributed by atoms with Crippen molar-refractivity contribution in [3.05, 3.63) is 59.7 Å². The Morgan fingerprint density at radius 1 is 1.09 bits per heavy atom. The molecule has 1 aliphatic carbocycles. The van der Waals surface area contributed by atoms with Gasteiger partial charge in [-0.3, -0.25) is 9.59 Å². The second kappa shape index (κ2) is 11.5. The van der Waals surface area contributed by atoms with Crippen molar-refractivity contribution >= 4 is 39.6 Å². The number of aryl methyl sites for hydroxylation is 2. The Hall–Kier alpha value is -4.77. The Labute approximate surface area is 266 Å². The number of imidazole rings is 1. The Balaban J connectivity index is 1.32. The molecular weight excluding hydrogens is 585 g/mol. The monoisotopic (exact) mass is 623 g/mol. The van der Waals surface area contributed by atoms with Crippen LogP contribution in [-0.4, -0.2) is 68.2 Å². The summed E-state index contributed by atoms with van der Waals surface area (Å²) in [4.78, 5) is 36.7. The van der Waals surface area contributed by atoms with Gasteiger partial charge in [-0.2, -0.15) is 0 Å². The fraction of sp³-hybridized carbons (Fsp3) is 0.371. The molecule has 0 spiro atoms. The van der Waals surface area contributed by atoms with Gasteiger partial charge in [-0.1, -0.05) is 6.07 Å². The minimum Gasteiger partial charge on any atom is -0.494 e. The SMILES string of the molecule is COc1cc(C(=O)N2C[C@H](N)C[C@@H](F)C2)cc2nc(-c3cc4ccc(-c5ccc(NC(C)=O)cc5C)nc4n3CC3CC3)n(C)c12. The van der Waals surface area contributed by atoms with Gasteiger partial charge in [0, 0.05) is 55.3 Å². The molecule has 5 aromatic rings. The summed E-state index contributed by atoms with van der Waals surface area (Å²) in [6, 6.07) is 15.2. The number of alkyl halides is 1. The largest absolute Gasteiger partial charge is 0.494 e. The number of methoxy groups -OCH3 is 1. The summed E-state index contributed by atoms with van der Waals surface area (Å²) >= 11 is 0. The van der Waals surface area contributed by atoms with Gasteiger partial charge in [0.15, 0.2) is 5.82 Å². The number of amides is 2. The van der Waals surface area contributed by atoms with Crippen molar-refractivity contribution in [2.24, 2.45) is 18.7 Å². The van der Waals surface area contributed by atoms with Crippen LogP contribution in [0.4, 0.5) is 10.1 Å². The van der Waals surface area contributed by atoms with E-state index in [1.807, 2.05) is 42.8 Å². The molecule has 2 aliphatic rings. The molecule has 3 N–H and O–H groups in total. The zero-order valence-corrected chi connectivity index (χ0v) is 26.5. The van der Waals surface area contributed by atoms with Crippen molar-refractivity contribution in [2.75, 3.05) is 25.5 Å². The molecule has 4 heterocycles. The lowest BCUT2D eigenvalue weighted by molar-refractivity contribution is -0.114. The van der Waals surface area contributed by atoms with Crippen molar-refractivity contribution in [1.29, 1.82) is 0 Å². The number of halogens is 1. The zero-order valence-electron chi connectivity index (χ0n) is 26.5. The Morgan fingerprint density at radius 3 is 2.59 bits per heavy atom. The molecule has 1 aliphatic heterocycles. The molecule has 0 bridgehead atoms. The fourth-order valence-corrected chi connectivity index (χ4v) is 6.68. The number of carbonyl (C=O) groups is 2. The van der Waals surface area contributed by atoms with Gasteiger partial charge in [0.1, 0.15) is 23.1 Å². The minimum absolute atomic E-state index is 0.0234. The molecule has 1 saturated carbocycles. The first-order valence-electron chi connectivity index (χ1n) is 15.7. The molecule has 11 heteroatoms. The third-order valence-electron chi connectivity index (χ3n) is 9.05.